The fraction of sp³-hybridized carbons (Fsp3) is 0.556. The Kier molecular flexibility index (Phi) is 8.29. The number of hydrogen-bond acceptors (Lipinski definition) is 6. The SMILES string of the molecule is NCC(=O)NCC(=O)N[C@@H](CS)C(=O)NCC(=O)O. The average molecular weight is 292 g/mol. The predicted molar refractivity (Wildman–Crippen MR) is 68.5 cm³/mol. The second kappa shape index (κ2) is 9.16. The summed E-state index contributed by atoms with van der Waals surface area (Å²) in [4.78, 5) is 43.9. The number of thiol groups is 1. The van der Waals surface area contributed by atoms with Gasteiger partial charge in [-0.3, -0.25) is 19.2 Å². The van der Waals surface area contributed by atoms with Crippen molar-refractivity contribution in [2.75, 3.05) is 25.4 Å². The van der Waals surface area contributed by atoms with Crippen molar-refractivity contribution in [1.29, 1.82) is 0 Å². The van der Waals surface area contributed by atoms with Crippen LogP contribution in [0.2, 0.25) is 0 Å². The summed E-state index contributed by atoms with van der Waals surface area (Å²) in [6.45, 7) is -1.13. The summed E-state index contributed by atoms with van der Waals surface area (Å²) in [5, 5.41) is 15.0. The second-order valence-corrected chi connectivity index (χ2v) is 3.76. The Morgan fingerprint density at radius 2 is 1.74 bits per heavy atom. The minimum Gasteiger partial charge on any atom is -0.480 e. The van der Waals surface area contributed by atoms with Crippen LogP contribution in [0.25, 0.3) is 0 Å². The van der Waals surface area contributed by atoms with Crippen LogP contribution in [0.3, 0.4) is 0 Å². The number of hydrogen-bond donors (Lipinski definition) is 6. The van der Waals surface area contributed by atoms with E-state index < -0.39 is 36.3 Å². The molecule has 0 saturated carbocycles. The number of nitrogens with two attached hydrogens (primary N) is 1. The van der Waals surface area contributed by atoms with Crippen molar-refractivity contribution in [3.8, 4) is 0 Å². The molecule has 108 valence electrons. The molecule has 0 aliphatic rings. The first kappa shape index (κ1) is 17.2. The van der Waals surface area contributed by atoms with Crippen molar-refractivity contribution in [1.82, 2.24) is 16.0 Å². The Morgan fingerprint density at radius 3 is 2.21 bits per heavy atom. The number of carbonyl (C=O) groups excluding carboxylic acids is 3. The minimum atomic E-state index is -1.20. The van der Waals surface area contributed by atoms with E-state index in [1.54, 1.807) is 0 Å². The van der Waals surface area contributed by atoms with Crippen molar-refractivity contribution in [3.05, 3.63) is 0 Å². The van der Waals surface area contributed by atoms with Gasteiger partial charge in [-0.15, -0.1) is 0 Å². The highest BCUT2D eigenvalue weighted by atomic mass is 32.1. The molecule has 3 amide bonds. The molecule has 0 aromatic rings. The van der Waals surface area contributed by atoms with Gasteiger partial charge in [0, 0.05) is 5.75 Å². The molecular weight excluding hydrogens is 276 g/mol. The normalized spacial score (nSPS) is 11.3. The quantitative estimate of drug-likeness (QED) is 0.258. The summed E-state index contributed by atoms with van der Waals surface area (Å²) in [5.41, 5.74) is 5.03. The number of carbonyl (C=O) groups is 4. The van der Waals surface area contributed by atoms with Crippen LogP contribution in [-0.2, 0) is 19.2 Å². The highest BCUT2D eigenvalue weighted by Gasteiger charge is 2.19. The summed E-state index contributed by atoms with van der Waals surface area (Å²) < 4.78 is 0. The van der Waals surface area contributed by atoms with Crippen molar-refractivity contribution in [2.45, 2.75) is 6.04 Å². The molecule has 9 nitrogen and oxygen atoms in total. The van der Waals surface area contributed by atoms with Crippen LogP contribution in [0.1, 0.15) is 0 Å². The Hall–Kier alpha value is -1.81. The van der Waals surface area contributed by atoms with Crippen molar-refractivity contribution < 1.29 is 24.3 Å². The maximum atomic E-state index is 11.5. The highest BCUT2D eigenvalue weighted by Crippen LogP contribution is 1.88. The van der Waals surface area contributed by atoms with Crippen LogP contribution >= 0.6 is 12.6 Å². The van der Waals surface area contributed by atoms with E-state index >= 15 is 0 Å². The van der Waals surface area contributed by atoms with E-state index in [0.717, 1.165) is 0 Å². The Labute approximate surface area is 114 Å². The van der Waals surface area contributed by atoms with Gasteiger partial charge in [0.25, 0.3) is 0 Å². The largest absolute Gasteiger partial charge is 0.480 e. The molecule has 0 saturated heterocycles. The lowest BCUT2D eigenvalue weighted by Gasteiger charge is -2.15. The topological polar surface area (TPSA) is 151 Å². The summed E-state index contributed by atoms with van der Waals surface area (Å²) in [6.07, 6.45) is 0. The highest BCUT2D eigenvalue weighted by molar-refractivity contribution is 7.80. The number of aliphatic carboxylic acids is 1. The van der Waals surface area contributed by atoms with Crippen LogP contribution in [-0.4, -0.2) is 60.2 Å². The standard InChI is InChI=1S/C9H16N4O5S/c10-1-6(14)11-2-7(15)13-5(4-19)9(18)12-3-8(16)17/h5,19H,1-4,10H2,(H,11,14)(H,12,18)(H,13,15)(H,16,17)/t5-/m0/s1. The van der Waals surface area contributed by atoms with Gasteiger partial charge in [-0.05, 0) is 0 Å². The summed E-state index contributed by atoms with van der Waals surface area (Å²) >= 11 is 3.87. The van der Waals surface area contributed by atoms with Crippen molar-refractivity contribution >= 4 is 36.3 Å². The molecule has 0 aromatic heterocycles. The Balaban J connectivity index is 4.16. The maximum Gasteiger partial charge on any atom is 0.322 e. The van der Waals surface area contributed by atoms with Gasteiger partial charge in [0.05, 0.1) is 13.1 Å². The average Bonchev–Trinajstić information content (AvgIpc) is 2.39. The fourth-order valence-corrected chi connectivity index (χ4v) is 1.23. The summed E-state index contributed by atoms with van der Waals surface area (Å²) in [5.74, 6) is -3.00. The van der Waals surface area contributed by atoms with Gasteiger partial charge in [0.1, 0.15) is 12.6 Å². The van der Waals surface area contributed by atoms with E-state index in [9.17, 15) is 19.2 Å². The molecule has 0 radical (unpaired) electrons. The second-order valence-electron chi connectivity index (χ2n) is 3.40. The molecular formula is C9H16N4O5S. The molecule has 6 N–H and O–H groups in total. The predicted octanol–water partition coefficient (Wildman–Crippen LogP) is -3.32. The molecule has 0 aliphatic carbocycles. The third kappa shape index (κ3) is 8.00. The van der Waals surface area contributed by atoms with Gasteiger partial charge in [-0.1, -0.05) is 0 Å². The zero-order valence-electron chi connectivity index (χ0n) is 10.0. The molecule has 0 unspecified atom stereocenters. The van der Waals surface area contributed by atoms with Crippen molar-refractivity contribution in [2.24, 2.45) is 5.73 Å². The molecule has 1 atom stereocenters. The first-order chi connectivity index (χ1) is 8.90. The van der Waals surface area contributed by atoms with Crippen LogP contribution in [0.5, 0.6) is 0 Å². The number of carboxylic acids is 1. The van der Waals surface area contributed by atoms with Gasteiger partial charge < -0.3 is 26.8 Å². The lowest BCUT2D eigenvalue weighted by atomic mass is 10.3. The molecule has 0 spiro atoms. The van der Waals surface area contributed by atoms with Gasteiger partial charge in [0.15, 0.2) is 0 Å². The van der Waals surface area contributed by atoms with Gasteiger partial charge in [0.2, 0.25) is 17.7 Å². The monoisotopic (exact) mass is 292 g/mol. The lowest BCUT2D eigenvalue weighted by molar-refractivity contribution is -0.138. The van der Waals surface area contributed by atoms with E-state index in [2.05, 4.69) is 28.6 Å². The number of rotatable bonds is 8. The first-order valence-electron chi connectivity index (χ1n) is 5.27. The van der Waals surface area contributed by atoms with Gasteiger partial charge >= 0.3 is 5.97 Å². The van der Waals surface area contributed by atoms with Crippen LogP contribution in [0.4, 0.5) is 0 Å². The third-order valence-electron chi connectivity index (χ3n) is 1.88. The third-order valence-corrected chi connectivity index (χ3v) is 2.24. The zero-order chi connectivity index (χ0) is 14.8. The maximum absolute atomic E-state index is 11.5. The molecule has 0 aliphatic heterocycles. The van der Waals surface area contributed by atoms with E-state index in [1.165, 1.54) is 0 Å². The zero-order valence-corrected chi connectivity index (χ0v) is 10.9. The van der Waals surface area contributed by atoms with E-state index in [4.69, 9.17) is 10.8 Å². The number of nitrogens with one attached hydrogen (secondary N) is 3. The van der Waals surface area contributed by atoms with E-state index in [0.29, 0.717) is 0 Å². The van der Waals surface area contributed by atoms with Gasteiger partial charge in [-0.2, -0.15) is 12.6 Å². The van der Waals surface area contributed by atoms with Crippen LogP contribution in [0, 0.1) is 0 Å². The first-order valence-corrected chi connectivity index (χ1v) is 5.90. The Bertz CT molecular complexity index is 363. The Morgan fingerprint density at radius 1 is 1.11 bits per heavy atom. The summed E-state index contributed by atoms with van der Waals surface area (Å²) in [7, 11) is 0. The molecule has 10 heteroatoms. The van der Waals surface area contributed by atoms with E-state index in [1.807, 2.05) is 0 Å². The molecule has 0 aromatic carbocycles. The van der Waals surface area contributed by atoms with Crippen molar-refractivity contribution in [3.63, 3.8) is 0 Å². The van der Waals surface area contributed by atoms with Crippen LogP contribution in [0.15, 0.2) is 0 Å². The molecule has 0 rings (SSSR count). The fourth-order valence-electron chi connectivity index (χ4n) is 0.976. The van der Waals surface area contributed by atoms with Gasteiger partial charge in [-0.25, -0.2) is 0 Å². The smallest absolute Gasteiger partial charge is 0.322 e. The minimum absolute atomic E-state index is 0.0119. The molecule has 0 bridgehead atoms. The molecule has 19 heavy (non-hydrogen) atoms. The lowest BCUT2D eigenvalue weighted by Crippen LogP contribution is -2.51. The van der Waals surface area contributed by atoms with Crippen LogP contribution < -0.4 is 21.7 Å². The molecule has 0 fully saturated rings. The summed E-state index contributed by atoms with van der Waals surface area (Å²) in [6, 6.07) is -0.982. The number of amides is 3. The number of carboxylic acid groups (broad SMARTS) is 1. The van der Waals surface area contributed by atoms with E-state index in [-0.39, 0.29) is 18.8 Å². The molecule has 0 heterocycles.